The summed E-state index contributed by atoms with van der Waals surface area (Å²) < 4.78 is 0. The zero-order valence-corrected chi connectivity index (χ0v) is 14.9. The van der Waals surface area contributed by atoms with Crippen LogP contribution in [0.25, 0.3) is 10.7 Å². The number of carbonyl (C=O) groups is 1. The van der Waals surface area contributed by atoms with Crippen molar-refractivity contribution in [2.45, 2.75) is 24.6 Å². The van der Waals surface area contributed by atoms with Crippen molar-refractivity contribution in [1.82, 2.24) is 9.97 Å². The maximum Gasteiger partial charge on any atom is 0.340 e. The van der Waals surface area contributed by atoms with Crippen LogP contribution < -0.4 is 0 Å². The standard InChI is InChI=1S/C18H16N2O2S2/c1-11-5-7-13(8-6-11)10-24-17-15(18(21)22)12(2)19-16(20-17)14-4-3-9-23-14/h3-9H,10H2,1-2H3,(H,21,22). The summed E-state index contributed by atoms with van der Waals surface area (Å²) in [6.07, 6.45) is 0. The Kier molecular flexibility index (Phi) is 4.97. The predicted molar refractivity (Wildman–Crippen MR) is 97.8 cm³/mol. The van der Waals surface area contributed by atoms with Crippen molar-refractivity contribution < 1.29 is 9.90 Å². The number of hydrogen-bond donors (Lipinski definition) is 1. The van der Waals surface area contributed by atoms with Crippen LogP contribution in [0.3, 0.4) is 0 Å². The third kappa shape index (κ3) is 3.66. The monoisotopic (exact) mass is 356 g/mol. The summed E-state index contributed by atoms with van der Waals surface area (Å²) in [6, 6.07) is 12.1. The van der Waals surface area contributed by atoms with E-state index in [4.69, 9.17) is 0 Å². The Labute approximate surface area is 148 Å². The van der Waals surface area contributed by atoms with Gasteiger partial charge in [0, 0.05) is 5.75 Å². The van der Waals surface area contributed by atoms with Crippen molar-refractivity contribution in [3.05, 3.63) is 64.2 Å². The Morgan fingerprint density at radius 2 is 1.92 bits per heavy atom. The molecule has 24 heavy (non-hydrogen) atoms. The van der Waals surface area contributed by atoms with E-state index in [-0.39, 0.29) is 5.56 Å². The van der Waals surface area contributed by atoms with Crippen LogP contribution in [0.4, 0.5) is 0 Å². The summed E-state index contributed by atoms with van der Waals surface area (Å²) in [7, 11) is 0. The molecule has 1 N–H and O–H groups in total. The molecule has 0 saturated heterocycles. The van der Waals surface area contributed by atoms with Crippen LogP contribution in [-0.4, -0.2) is 21.0 Å². The van der Waals surface area contributed by atoms with Crippen LogP contribution in [0.2, 0.25) is 0 Å². The first-order chi connectivity index (χ1) is 11.5. The van der Waals surface area contributed by atoms with Crippen molar-refractivity contribution in [1.29, 1.82) is 0 Å². The van der Waals surface area contributed by atoms with Gasteiger partial charge in [0.15, 0.2) is 5.82 Å². The Morgan fingerprint density at radius 3 is 2.54 bits per heavy atom. The molecule has 0 fully saturated rings. The molecule has 0 unspecified atom stereocenters. The normalized spacial score (nSPS) is 10.8. The smallest absolute Gasteiger partial charge is 0.340 e. The largest absolute Gasteiger partial charge is 0.478 e. The lowest BCUT2D eigenvalue weighted by molar-refractivity contribution is 0.0691. The van der Waals surface area contributed by atoms with Crippen molar-refractivity contribution in [3.63, 3.8) is 0 Å². The van der Waals surface area contributed by atoms with Gasteiger partial charge in [-0.1, -0.05) is 35.9 Å². The summed E-state index contributed by atoms with van der Waals surface area (Å²) >= 11 is 2.97. The quantitative estimate of drug-likeness (QED) is 0.525. The van der Waals surface area contributed by atoms with Crippen LogP contribution in [-0.2, 0) is 5.75 Å². The van der Waals surface area contributed by atoms with Crippen molar-refractivity contribution in [2.75, 3.05) is 0 Å². The average molecular weight is 356 g/mol. The van der Waals surface area contributed by atoms with Gasteiger partial charge < -0.3 is 5.11 Å². The van der Waals surface area contributed by atoms with Gasteiger partial charge in [-0.2, -0.15) is 0 Å². The number of rotatable bonds is 5. The Balaban J connectivity index is 1.94. The van der Waals surface area contributed by atoms with Crippen LogP contribution in [0.15, 0.2) is 46.8 Å². The molecular weight excluding hydrogens is 340 g/mol. The van der Waals surface area contributed by atoms with Crippen molar-refractivity contribution in [2.24, 2.45) is 0 Å². The van der Waals surface area contributed by atoms with E-state index in [1.165, 1.54) is 17.3 Å². The van der Waals surface area contributed by atoms with Gasteiger partial charge >= 0.3 is 5.97 Å². The Bertz CT molecular complexity index is 859. The number of nitrogens with zero attached hydrogens (tertiary/aromatic N) is 2. The van der Waals surface area contributed by atoms with E-state index >= 15 is 0 Å². The number of thioether (sulfide) groups is 1. The summed E-state index contributed by atoms with van der Waals surface area (Å²) in [5.41, 5.74) is 3.02. The topological polar surface area (TPSA) is 63.1 Å². The fourth-order valence-electron chi connectivity index (χ4n) is 2.25. The first kappa shape index (κ1) is 16.7. The third-order valence-electron chi connectivity index (χ3n) is 3.51. The Hall–Kier alpha value is -2.18. The maximum atomic E-state index is 11.6. The SMILES string of the molecule is Cc1ccc(CSc2nc(-c3cccs3)nc(C)c2C(=O)O)cc1. The highest BCUT2D eigenvalue weighted by molar-refractivity contribution is 7.98. The second-order valence-electron chi connectivity index (χ2n) is 5.37. The molecule has 0 saturated carbocycles. The molecule has 0 aliphatic heterocycles. The third-order valence-corrected chi connectivity index (χ3v) is 5.42. The number of carboxylic acid groups (broad SMARTS) is 1. The number of carboxylic acids is 1. The van der Waals surface area contributed by atoms with Gasteiger partial charge in [-0.3, -0.25) is 0 Å². The second-order valence-corrected chi connectivity index (χ2v) is 7.28. The second kappa shape index (κ2) is 7.15. The first-order valence-corrected chi connectivity index (χ1v) is 9.25. The highest BCUT2D eigenvalue weighted by Gasteiger charge is 2.19. The highest BCUT2D eigenvalue weighted by atomic mass is 32.2. The molecule has 3 rings (SSSR count). The van der Waals surface area contributed by atoms with E-state index in [0.29, 0.717) is 22.3 Å². The van der Waals surface area contributed by atoms with E-state index in [9.17, 15) is 9.90 Å². The van der Waals surface area contributed by atoms with Gasteiger partial charge in [0.05, 0.1) is 10.6 Å². The lowest BCUT2D eigenvalue weighted by Crippen LogP contribution is -2.08. The van der Waals surface area contributed by atoms with Gasteiger partial charge in [-0.05, 0) is 30.9 Å². The molecule has 0 atom stereocenters. The highest BCUT2D eigenvalue weighted by Crippen LogP contribution is 2.30. The van der Waals surface area contributed by atoms with Crippen molar-refractivity contribution in [3.8, 4) is 10.7 Å². The minimum absolute atomic E-state index is 0.187. The van der Waals surface area contributed by atoms with Gasteiger partial charge in [-0.25, -0.2) is 14.8 Å². The van der Waals surface area contributed by atoms with Gasteiger partial charge in [0.2, 0.25) is 0 Å². The van der Waals surface area contributed by atoms with Crippen LogP contribution in [0.1, 0.15) is 27.2 Å². The lowest BCUT2D eigenvalue weighted by Gasteiger charge is -2.10. The summed E-state index contributed by atoms with van der Waals surface area (Å²) in [5.74, 6) is 0.261. The van der Waals surface area contributed by atoms with E-state index in [1.54, 1.807) is 18.3 Å². The molecular formula is C18H16N2O2S2. The van der Waals surface area contributed by atoms with Crippen LogP contribution in [0.5, 0.6) is 0 Å². The Morgan fingerprint density at radius 1 is 1.17 bits per heavy atom. The van der Waals surface area contributed by atoms with E-state index in [0.717, 1.165) is 10.4 Å². The van der Waals surface area contributed by atoms with Gasteiger partial charge in [0.25, 0.3) is 0 Å². The summed E-state index contributed by atoms with van der Waals surface area (Å²) in [4.78, 5) is 21.4. The number of aromatic carboxylic acids is 1. The average Bonchev–Trinajstić information content (AvgIpc) is 3.08. The van der Waals surface area contributed by atoms with E-state index < -0.39 is 5.97 Å². The van der Waals surface area contributed by atoms with Crippen LogP contribution >= 0.6 is 23.1 Å². The fourth-order valence-corrected chi connectivity index (χ4v) is 3.93. The first-order valence-electron chi connectivity index (χ1n) is 7.39. The van der Waals surface area contributed by atoms with E-state index in [2.05, 4.69) is 34.2 Å². The summed E-state index contributed by atoms with van der Waals surface area (Å²) in [6.45, 7) is 3.76. The van der Waals surface area contributed by atoms with Gasteiger partial charge in [0.1, 0.15) is 10.6 Å². The molecule has 6 heteroatoms. The number of aryl methyl sites for hydroxylation is 2. The molecule has 0 bridgehead atoms. The lowest BCUT2D eigenvalue weighted by atomic mass is 10.2. The molecule has 0 amide bonds. The molecule has 4 nitrogen and oxygen atoms in total. The molecule has 2 heterocycles. The molecule has 122 valence electrons. The summed E-state index contributed by atoms with van der Waals surface area (Å²) in [5, 5.41) is 12.0. The predicted octanol–water partition coefficient (Wildman–Crippen LogP) is 4.81. The fraction of sp³-hybridized carbons (Fsp3) is 0.167. The van der Waals surface area contributed by atoms with Crippen molar-refractivity contribution >= 4 is 29.1 Å². The number of aromatic nitrogens is 2. The van der Waals surface area contributed by atoms with Crippen LogP contribution in [0, 0.1) is 13.8 Å². The number of thiophene rings is 1. The maximum absolute atomic E-state index is 11.6. The zero-order valence-electron chi connectivity index (χ0n) is 13.3. The van der Waals surface area contributed by atoms with E-state index in [1.807, 2.05) is 24.4 Å². The molecule has 0 aliphatic carbocycles. The molecule has 2 aromatic heterocycles. The zero-order chi connectivity index (χ0) is 17.1. The molecule has 0 spiro atoms. The van der Waals surface area contributed by atoms with Gasteiger partial charge in [-0.15, -0.1) is 23.1 Å². The molecule has 1 aromatic carbocycles. The number of hydrogen-bond acceptors (Lipinski definition) is 5. The molecule has 0 aliphatic rings. The molecule has 0 radical (unpaired) electrons. The minimum atomic E-state index is -0.989. The minimum Gasteiger partial charge on any atom is -0.478 e. The molecule has 3 aromatic rings. The number of benzene rings is 1.